The third-order valence-electron chi connectivity index (χ3n) is 2.64. The van der Waals surface area contributed by atoms with Gasteiger partial charge in [-0.05, 0) is 0 Å². The van der Waals surface area contributed by atoms with E-state index in [0.717, 1.165) is 0 Å². The van der Waals surface area contributed by atoms with Crippen LogP contribution in [0.2, 0.25) is 0 Å². The van der Waals surface area contributed by atoms with Gasteiger partial charge in [0.25, 0.3) is 0 Å². The van der Waals surface area contributed by atoms with Gasteiger partial charge in [0.1, 0.15) is 6.29 Å². The number of ketones is 2. The predicted octanol–water partition coefficient (Wildman–Crippen LogP) is 0.587. The predicted molar refractivity (Wildman–Crippen MR) is 60.3 cm³/mol. The molecule has 0 amide bonds. The van der Waals surface area contributed by atoms with Crippen LogP contribution >= 0.6 is 0 Å². The number of carbonyl (C=O) groups is 4. The van der Waals surface area contributed by atoms with E-state index in [1.165, 1.54) is 14.0 Å². The van der Waals surface area contributed by atoms with E-state index in [1.807, 2.05) is 0 Å². The van der Waals surface area contributed by atoms with Crippen LogP contribution in [0.25, 0.3) is 0 Å². The molecular weight excluding hydrogens is 238 g/mol. The molecule has 1 atom stereocenters. The lowest BCUT2D eigenvalue weighted by atomic mass is 9.75. The number of ether oxygens (including phenoxy) is 1. The van der Waals surface area contributed by atoms with Crippen molar-refractivity contribution in [3.8, 4) is 6.07 Å². The number of rotatable bonds is 8. The Labute approximate surface area is 105 Å². The zero-order chi connectivity index (χ0) is 14.2. The SMILES string of the molecule is CCC(=O)C(C#N)(CC=O)C(=O)CCC(=O)OC. The highest BCUT2D eigenvalue weighted by Crippen LogP contribution is 2.26. The van der Waals surface area contributed by atoms with Gasteiger partial charge in [-0.3, -0.25) is 14.4 Å². The largest absolute Gasteiger partial charge is 0.469 e. The minimum atomic E-state index is -1.95. The van der Waals surface area contributed by atoms with Crippen molar-refractivity contribution in [3.63, 3.8) is 0 Å². The summed E-state index contributed by atoms with van der Waals surface area (Å²) < 4.78 is 4.37. The van der Waals surface area contributed by atoms with Crippen LogP contribution in [0.1, 0.15) is 32.6 Å². The smallest absolute Gasteiger partial charge is 0.305 e. The zero-order valence-electron chi connectivity index (χ0n) is 10.4. The molecule has 0 aromatic rings. The molecule has 1 unspecified atom stereocenters. The fourth-order valence-corrected chi connectivity index (χ4v) is 1.51. The van der Waals surface area contributed by atoms with Crippen LogP contribution in [0.3, 0.4) is 0 Å². The highest BCUT2D eigenvalue weighted by molar-refractivity contribution is 6.11. The monoisotopic (exact) mass is 253 g/mol. The van der Waals surface area contributed by atoms with Crippen LogP contribution in [-0.2, 0) is 23.9 Å². The highest BCUT2D eigenvalue weighted by atomic mass is 16.5. The molecule has 98 valence electrons. The average Bonchev–Trinajstić information content (AvgIpc) is 2.40. The maximum Gasteiger partial charge on any atom is 0.305 e. The molecule has 18 heavy (non-hydrogen) atoms. The van der Waals surface area contributed by atoms with Crippen LogP contribution in [0.15, 0.2) is 0 Å². The van der Waals surface area contributed by atoms with Gasteiger partial charge in [-0.25, -0.2) is 0 Å². The van der Waals surface area contributed by atoms with E-state index < -0.39 is 29.4 Å². The first-order valence-corrected chi connectivity index (χ1v) is 5.46. The number of hydrogen-bond donors (Lipinski definition) is 0. The number of aldehydes is 1. The van der Waals surface area contributed by atoms with Crippen molar-refractivity contribution < 1.29 is 23.9 Å². The number of esters is 1. The Morgan fingerprint density at radius 1 is 1.28 bits per heavy atom. The van der Waals surface area contributed by atoms with E-state index in [9.17, 15) is 19.2 Å². The van der Waals surface area contributed by atoms with Gasteiger partial charge in [0.2, 0.25) is 0 Å². The first kappa shape index (κ1) is 16.0. The second kappa shape index (κ2) is 7.33. The maximum atomic E-state index is 11.9. The molecule has 0 heterocycles. The van der Waals surface area contributed by atoms with Crippen molar-refractivity contribution in [1.29, 1.82) is 5.26 Å². The van der Waals surface area contributed by atoms with Crippen LogP contribution in [0.4, 0.5) is 0 Å². The van der Waals surface area contributed by atoms with Crippen LogP contribution in [0, 0.1) is 16.7 Å². The molecule has 0 radical (unpaired) electrons. The van der Waals surface area contributed by atoms with Gasteiger partial charge < -0.3 is 9.53 Å². The molecule has 0 aromatic heterocycles. The number of nitriles is 1. The first-order chi connectivity index (χ1) is 8.48. The molecule has 0 aliphatic heterocycles. The molecule has 0 rings (SSSR count). The Bertz CT molecular complexity index is 396. The molecule has 0 bridgehead atoms. The summed E-state index contributed by atoms with van der Waals surface area (Å²) in [6.45, 7) is 1.51. The summed E-state index contributed by atoms with van der Waals surface area (Å²) in [5, 5.41) is 9.04. The van der Waals surface area contributed by atoms with Gasteiger partial charge in [0.15, 0.2) is 17.0 Å². The number of carbonyl (C=O) groups excluding carboxylic acids is 4. The van der Waals surface area contributed by atoms with Gasteiger partial charge >= 0.3 is 5.97 Å². The van der Waals surface area contributed by atoms with E-state index >= 15 is 0 Å². The van der Waals surface area contributed by atoms with Gasteiger partial charge in [-0.2, -0.15) is 5.26 Å². The summed E-state index contributed by atoms with van der Waals surface area (Å²) in [4.78, 5) is 45.1. The lowest BCUT2D eigenvalue weighted by molar-refractivity contribution is -0.144. The summed E-state index contributed by atoms with van der Waals surface area (Å²) in [6.07, 6.45) is -0.636. The third-order valence-corrected chi connectivity index (χ3v) is 2.64. The molecule has 6 nitrogen and oxygen atoms in total. The molecule has 6 heteroatoms. The lowest BCUT2D eigenvalue weighted by Gasteiger charge is -2.20. The van der Waals surface area contributed by atoms with Crippen molar-refractivity contribution in [2.45, 2.75) is 32.6 Å². The van der Waals surface area contributed by atoms with E-state index in [0.29, 0.717) is 6.29 Å². The molecule has 0 aliphatic carbocycles. The van der Waals surface area contributed by atoms with Gasteiger partial charge in [-0.15, -0.1) is 0 Å². The highest BCUT2D eigenvalue weighted by Gasteiger charge is 2.44. The van der Waals surface area contributed by atoms with Crippen LogP contribution in [0.5, 0.6) is 0 Å². The van der Waals surface area contributed by atoms with Gasteiger partial charge in [0, 0.05) is 19.3 Å². The number of nitrogens with zero attached hydrogens (tertiary/aromatic N) is 1. The fourth-order valence-electron chi connectivity index (χ4n) is 1.51. The molecule has 0 saturated heterocycles. The average molecular weight is 253 g/mol. The molecule has 0 fully saturated rings. The van der Waals surface area contributed by atoms with E-state index in [2.05, 4.69) is 4.74 Å². The molecule has 0 spiro atoms. The third kappa shape index (κ3) is 3.48. The fraction of sp³-hybridized carbons (Fsp3) is 0.583. The van der Waals surface area contributed by atoms with Crippen molar-refractivity contribution in [1.82, 2.24) is 0 Å². The Morgan fingerprint density at radius 2 is 1.89 bits per heavy atom. The minimum Gasteiger partial charge on any atom is -0.469 e. The van der Waals surface area contributed by atoms with E-state index in [1.54, 1.807) is 6.07 Å². The van der Waals surface area contributed by atoms with Crippen LogP contribution < -0.4 is 0 Å². The van der Waals surface area contributed by atoms with Crippen molar-refractivity contribution in [2.75, 3.05) is 7.11 Å². The standard InChI is InChI=1S/C12H15NO5/c1-3-9(15)12(8-13,6-7-14)10(16)4-5-11(17)18-2/h7H,3-6H2,1-2H3. The molecule has 0 saturated carbocycles. The van der Waals surface area contributed by atoms with Crippen LogP contribution in [-0.4, -0.2) is 30.9 Å². The van der Waals surface area contributed by atoms with Crippen molar-refractivity contribution in [3.05, 3.63) is 0 Å². The number of hydrogen-bond acceptors (Lipinski definition) is 6. The molecule has 0 aliphatic rings. The number of methoxy groups -OCH3 is 1. The summed E-state index contributed by atoms with van der Waals surface area (Å²) in [7, 11) is 1.17. The topological polar surface area (TPSA) is 101 Å². The molecular formula is C12H15NO5. The summed E-state index contributed by atoms with van der Waals surface area (Å²) in [5.41, 5.74) is -1.95. The summed E-state index contributed by atoms with van der Waals surface area (Å²) >= 11 is 0. The normalized spacial score (nSPS) is 12.9. The van der Waals surface area contributed by atoms with Crippen molar-refractivity contribution in [2.24, 2.45) is 5.41 Å². The maximum absolute atomic E-state index is 11.9. The Kier molecular flexibility index (Phi) is 6.50. The second-order valence-electron chi connectivity index (χ2n) is 3.66. The van der Waals surface area contributed by atoms with E-state index in [-0.39, 0.29) is 19.3 Å². The Morgan fingerprint density at radius 3 is 2.28 bits per heavy atom. The minimum absolute atomic E-state index is 0.0225. The van der Waals surface area contributed by atoms with Gasteiger partial charge in [-0.1, -0.05) is 6.92 Å². The quantitative estimate of drug-likeness (QED) is 0.356. The molecule has 0 N–H and O–H groups in total. The van der Waals surface area contributed by atoms with Crippen molar-refractivity contribution >= 4 is 23.8 Å². The Balaban J connectivity index is 5.03. The first-order valence-electron chi connectivity index (χ1n) is 5.46. The van der Waals surface area contributed by atoms with Gasteiger partial charge in [0.05, 0.1) is 19.6 Å². The molecule has 0 aromatic carbocycles. The second-order valence-corrected chi connectivity index (χ2v) is 3.66. The van der Waals surface area contributed by atoms with E-state index in [4.69, 9.17) is 5.26 Å². The summed E-state index contributed by atoms with van der Waals surface area (Å²) in [6, 6.07) is 1.63. The summed E-state index contributed by atoms with van der Waals surface area (Å²) in [5.74, 6) is -1.92. The zero-order valence-corrected chi connectivity index (χ0v) is 10.4. The number of Topliss-reactive ketones (excluding diaryl/α,β-unsaturated/α-hetero) is 2. The Hall–Kier alpha value is -2.03. The lowest BCUT2D eigenvalue weighted by Crippen LogP contribution is -2.38.